The molecule has 1 N–H and O–H groups in total. The molecule has 368 valence electrons. The molecule has 0 amide bonds. The number of aliphatic hydroxyl groups is 1. The normalized spacial score (nSPS) is 14.0. The van der Waals surface area contributed by atoms with E-state index in [9.17, 15) is 42.1 Å². The number of ether oxygens (including phenoxy) is 1. The smallest absolute Gasteiger partial charge is 0.302 e. The van der Waals surface area contributed by atoms with Gasteiger partial charge in [0.15, 0.2) is 0 Å². The molecule has 2 aliphatic heterocycles. The number of hydrogen-bond donors (Lipinski definition) is 1. The largest absolute Gasteiger partial charge is 0.462 e. The van der Waals surface area contributed by atoms with Crippen LogP contribution >= 0.6 is 11.6 Å². The van der Waals surface area contributed by atoms with Crippen molar-refractivity contribution < 1.29 is 36.3 Å². The number of hydrogen-bond acceptors (Lipinski definition) is 12. The lowest BCUT2D eigenvalue weighted by atomic mass is 10.0. The zero-order valence-electron chi connectivity index (χ0n) is 39.4. The number of aliphatic hydroxyl groups excluding tert-OH is 1. The SMILES string of the molecule is CC(=O)Cl.CC(=O)OC1CCN(c2ccc(N(Cc3ccccc3)S(=O)(=O)c3ccccc3)cc2C#N)CC1.N#Cc1cc(N(Cc2ccccc2)S(=O)(=O)c2ccccc2)ccc1N1CCC(O)CC1. The van der Waals surface area contributed by atoms with Crippen LogP contribution < -0.4 is 18.4 Å². The second-order valence-electron chi connectivity index (χ2n) is 16.7. The van der Waals surface area contributed by atoms with E-state index in [2.05, 4.69) is 33.5 Å². The lowest BCUT2D eigenvalue weighted by Crippen LogP contribution is -2.38. The Kier molecular flexibility index (Phi) is 18.8. The van der Waals surface area contributed by atoms with Gasteiger partial charge in [0, 0.05) is 52.9 Å². The first-order chi connectivity index (χ1) is 34.1. The van der Waals surface area contributed by atoms with Gasteiger partial charge in [0.1, 0.15) is 18.2 Å². The van der Waals surface area contributed by atoms with Crippen molar-refractivity contribution >= 4 is 65.6 Å². The van der Waals surface area contributed by atoms with E-state index in [0.29, 0.717) is 74.4 Å². The van der Waals surface area contributed by atoms with Gasteiger partial charge in [-0.05, 0) is 96.2 Å². The average molecular weight is 1020 g/mol. The van der Waals surface area contributed by atoms with Crippen LogP contribution in [0.4, 0.5) is 22.7 Å². The minimum absolute atomic E-state index is 0.120. The van der Waals surface area contributed by atoms with Gasteiger partial charge in [-0.1, -0.05) is 97.1 Å². The van der Waals surface area contributed by atoms with E-state index in [1.54, 1.807) is 91.0 Å². The highest BCUT2D eigenvalue weighted by atomic mass is 35.5. The second-order valence-corrected chi connectivity index (χ2v) is 21.0. The second kappa shape index (κ2) is 25.1. The molecular formula is C54H55ClN6O8S2. The van der Waals surface area contributed by atoms with Crippen LogP contribution in [-0.4, -0.2) is 71.5 Å². The van der Waals surface area contributed by atoms with Gasteiger partial charge in [-0.15, -0.1) is 0 Å². The van der Waals surface area contributed by atoms with E-state index in [4.69, 9.17) is 4.74 Å². The number of benzene rings is 6. The molecule has 6 aromatic carbocycles. The zero-order valence-corrected chi connectivity index (χ0v) is 41.8. The Balaban J connectivity index is 0.000000217. The van der Waals surface area contributed by atoms with E-state index >= 15 is 0 Å². The fourth-order valence-electron chi connectivity index (χ4n) is 8.21. The third-order valence-corrected chi connectivity index (χ3v) is 15.3. The van der Waals surface area contributed by atoms with E-state index in [0.717, 1.165) is 22.5 Å². The summed E-state index contributed by atoms with van der Waals surface area (Å²) in [6, 6.07) is 50.2. The Morgan fingerprint density at radius 2 is 0.930 bits per heavy atom. The summed E-state index contributed by atoms with van der Waals surface area (Å²) in [5.41, 5.74) is 4.87. The Morgan fingerprint density at radius 3 is 1.27 bits per heavy atom. The topological polar surface area (TPSA) is 192 Å². The van der Waals surface area contributed by atoms with Crippen molar-refractivity contribution in [2.75, 3.05) is 44.6 Å². The maximum Gasteiger partial charge on any atom is 0.302 e. The summed E-state index contributed by atoms with van der Waals surface area (Å²) in [6.45, 7) is 5.58. The summed E-state index contributed by atoms with van der Waals surface area (Å²) in [7, 11) is -7.72. The molecule has 0 bridgehead atoms. The highest BCUT2D eigenvalue weighted by Crippen LogP contribution is 2.34. The molecule has 0 spiro atoms. The average Bonchev–Trinajstić information content (AvgIpc) is 3.38. The molecule has 2 aliphatic rings. The van der Waals surface area contributed by atoms with Crippen molar-refractivity contribution in [1.82, 2.24) is 0 Å². The molecule has 2 fully saturated rings. The quantitative estimate of drug-likeness (QED) is 0.0853. The molecule has 0 radical (unpaired) electrons. The number of halogens is 1. The number of esters is 1. The van der Waals surface area contributed by atoms with Gasteiger partial charge < -0.3 is 19.6 Å². The van der Waals surface area contributed by atoms with Crippen molar-refractivity contribution in [3.63, 3.8) is 0 Å². The predicted octanol–water partition coefficient (Wildman–Crippen LogP) is 9.17. The molecule has 17 heteroatoms. The first-order valence-corrected chi connectivity index (χ1v) is 26.2. The number of anilines is 4. The Bertz CT molecular complexity index is 3030. The van der Waals surface area contributed by atoms with Crippen LogP contribution in [0.15, 0.2) is 168 Å². The van der Waals surface area contributed by atoms with Crippen LogP contribution in [0.5, 0.6) is 0 Å². The van der Waals surface area contributed by atoms with E-state index in [1.165, 1.54) is 22.5 Å². The van der Waals surface area contributed by atoms with Crippen LogP contribution in [-0.2, 0) is 47.5 Å². The van der Waals surface area contributed by atoms with Crippen LogP contribution in [0.25, 0.3) is 0 Å². The van der Waals surface area contributed by atoms with Gasteiger partial charge in [-0.25, -0.2) is 16.8 Å². The Morgan fingerprint density at radius 1 is 0.592 bits per heavy atom. The van der Waals surface area contributed by atoms with Crippen molar-refractivity contribution in [2.45, 2.75) is 74.6 Å². The van der Waals surface area contributed by atoms with Gasteiger partial charge in [0.25, 0.3) is 20.0 Å². The first-order valence-electron chi connectivity index (χ1n) is 22.9. The summed E-state index contributed by atoms with van der Waals surface area (Å²) < 4.78 is 62.4. The van der Waals surface area contributed by atoms with E-state index in [1.807, 2.05) is 66.7 Å². The molecule has 2 saturated heterocycles. The van der Waals surface area contributed by atoms with Crippen molar-refractivity contribution in [3.8, 4) is 12.1 Å². The van der Waals surface area contributed by atoms with Crippen LogP contribution in [0.1, 0.15) is 61.8 Å². The molecule has 14 nitrogen and oxygen atoms in total. The Labute approximate surface area is 421 Å². The highest BCUT2D eigenvalue weighted by molar-refractivity contribution is 7.93. The van der Waals surface area contributed by atoms with Crippen LogP contribution in [0.2, 0.25) is 0 Å². The summed E-state index contributed by atoms with van der Waals surface area (Å²) in [6.07, 6.45) is 2.22. The minimum Gasteiger partial charge on any atom is -0.462 e. The summed E-state index contributed by atoms with van der Waals surface area (Å²) in [5, 5.41) is 29.2. The van der Waals surface area contributed by atoms with Gasteiger partial charge in [-0.2, -0.15) is 10.5 Å². The molecule has 8 rings (SSSR count). The van der Waals surface area contributed by atoms with Gasteiger partial charge >= 0.3 is 5.97 Å². The van der Waals surface area contributed by atoms with E-state index in [-0.39, 0.29) is 46.3 Å². The standard InChI is InChI=1S/C27H27N3O4S.C25H25N3O3S.C2H3ClO/c1-21(31)34-25-14-16-29(17-15-25)27-13-12-24(18-23(27)19-28)30(20-22-8-4-2-5-9-22)35(32,33)26-10-6-3-7-11-26;26-18-21-17-22(11-12-25(21)27-15-13-23(29)14-16-27)28(19-20-7-3-1-4-8-20)32(30,31)24-9-5-2-6-10-24;1-2(3)4/h2-13,18,25H,14-17,20H2,1H3;1-12,17,23,29H,13-16,19H2;1H3. The molecule has 0 aliphatic carbocycles. The molecule has 0 saturated carbocycles. The van der Waals surface area contributed by atoms with Crippen LogP contribution in [0, 0.1) is 22.7 Å². The Hall–Kier alpha value is -7.21. The van der Waals surface area contributed by atoms with Gasteiger partial charge in [0.05, 0.1) is 62.9 Å². The third kappa shape index (κ3) is 14.4. The fourth-order valence-corrected chi connectivity index (χ4v) is 11.1. The fraction of sp³-hybridized carbons (Fsp3) is 0.259. The number of carbonyl (C=O) groups is 2. The lowest BCUT2D eigenvalue weighted by Gasteiger charge is -2.34. The van der Waals surface area contributed by atoms with Gasteiger partial charge in [0.2, 0.25) is 5.24 Å². The third-order valence-electron chi connectivity index (χ3n) is 11.7. The van der Waals surface area contributed by atoms with Gasteiger partial charge in [-0.3, -0.25) is 18.2 Å². The molecule has 2 heterocycles. The minimum atomic E-state index is -3.87. The number of rotatable bonds is 13. The van der Waals surface area contributed by atoms with Crippen molar-refractivity contribution in [2.24, 2.45) is 0 Å². The van der Waals surface area contributed by atoms with Crippen LogP contribution in [0.3, 0.4) is 0 Å². The lowest BCUT2D eigenvalue weighted by molar-refractivity contribution is -0.147. The zero-order chi connectivity index (χ0) is 51.0. The van der Waals surface area contributed by atoms with Crippen molar-refractivity contribution in [1.29, 1.82) is 10.5 Å². The maximum atomic E-state index is 13.6. The summed E-state index contributed by atoms with van der Waals surface area (Å²) >= 11 is 4.64. The molecule has 0 atom stereocenters. The number of sulfonamides is 2. The molecule has 71 heavy (non-hydrogen) atoms. The number of nitrogens with zero attached hydrogens (tertiary/aromatic N) is 6. The number of piperidine rings is 2. The maximum absolute atomic E-state index is 13.6. The monoisotopic (exact) mass is 1010 g/mol. The highest BCUT2D eigenvalue weighted by Gasteiger charge is 2.29. The molecule has 0 unspecified atom stereocenters. The summed E-state index contributed by atoms with van der Waals surface area (Å²) in [5.74, 6) is -0.288. The molecule has 6 aromatic rings. The molecule has 0 aromatic heterocycles. The van der Waals surface area contributed by atoms with E-state index < -0.39 is 20.0 Å². The molecular weight excluding hydrogens is 960 g/mol. The number of carbonyl (C=O) groups excluding carboxylic acids is 2. The number of nitriles is 2. The summed E-state index contributed by atoms with van der Waals surface area (Å²) in [4.78, 5) is 25.0. The van der Waals surface area contributed by atoms with Crippen molar-refractivity contribution in [3.05, 3.63) is 180 Å². The first kappa shape index (κ1) is 53.1. The predicted molar refractivity (Wildman–Crippen MR) is 276 cm³/mol.